The normalized spacial score (nSPS) is 29.9. The van der Waals surface area contributed by atoms with Gasteiger partial charge in [-0.1, -0.05) is 12.2 Å². The molecule has 0 aromatic rings. The van der Waals surface area contributed by atoms with Crippen LogP contribution in [0.3, 0.4) is 0 Å². The van der Waals surface area contributed by atoms with Crippen LogP contribution in [0.1, 0.15) is 52.4 Å². The molecule has 184 valence electrons. The quantitative estimate of drug-likeness (QED) is 0.256. The van der Waals surface area contributed by atoms with Crippen LogP contribution in [0.4, 0.5) is 0 Å². The van der Waals surface area contributed by atoms with Gasteiger partial charge >= 0.3 is 5.97 Å². The van der Waals surface area contributed by atoms with Crippen molar-refractivity contribution in [2.75, 3.05) is 26.3 Å². The van der Waals surface area contributed by atoms with Crippen molar-refractivity contribution in [1.82, 2.24) is 9.80 Å². The topological polar surface area (TPSA) is 96.4 Å². The van der Waals surface area contributed by atoms with Crippen molar-refractivity contribution >= 4 is 17.8 Å². The molecule has 0 saturated carbocycles. The Morgan fingerprint density at radius 2 is 2.06 bits per heavy atom. The summed E-state index contributed by atoms with van der Waals surface area (Å²) in [5.41, 5.74) is -1.01. The number of hydrogen-bond donors (Lipinski definition) is 1. The van der Waals surface area contributed by atoms with Crippen LogP contribution >= 0.6 is 0 Å². The number of amides is 2. The van der Waals surface area contributed by atoms with E-state index in [1.165, 1.54) is 0 Å². The molecule has 5 atom stereocenters. The minimum absolute atomic E-state index is 0.0736. The summed E-state index contributed by atoms with van der Waals surface area (Å²) in [5, 5.41) is 9.12. The molecule has 0 aromatic carbocycles. The molecule has 33 heavy (non-hydrogen) atoms. The van der Waals surface area contributed by atoms with Crippen LogP contribution in [0.25, 0.3) is 0 Å². The molecule has 3 fully saturated rings. The van der Waals surface area contributed by atoms with Gasteiger partial charge in [0.25, 0.3) is 0 Å². The minimum atomic E-state index is -1.01. The van der Waals surface area contributed by atoms with E-state index in [-0.39, 0.29) is 31.1 Å². The number of aliphatic hydroxyl groups excluding tert-OH is 1. The van der Waals surface area contributed by atoms with E-state index in [0.717, 1.165) is 6.42 Å². The predicted octanol–water partition coefficient (Wildman–Crippen LogP) is 2.07. The van der Waals surface area contributed by atoms with Crippen LogP contribution in [0.15, 0.2) is 25.3 Å². The largest absolute Gasteiger partial charge is 0.465 e. The number of carbonyl (C=O) groups is 3. The number of fused-ring (bicyclic) bond motifs is 1. The summed E-state index contributed by atoms with van der Waals surface area (Å²) in [6.45, 7) is 12.4. The summed E-state index contributed by atoms with van der Waals surface area (Å²) in [5.74, 6) is -2.20. The summed E-state index contributed by atoms with van der Waals surface area (Å²) in [6, 6.07) is -0.849. The third-order valence-electron chi connectivity index (χ3n) is 7.16. The first kappa shape index (κ1) is 25.4. The molecule has 2 amide bonds. The second-order valence-electron chi connectivity index (χ2n) is 9.49. The van der Waals surface area contributed by atoms with Gasteiger partial charge in [-0.15, -0.1) is 13.2 Å². The zero-order valence-corrected chi connectivity index (χ0v) is 19.9. The first-order valence-electron chi connectivity index (χ1n) is 12.1. The zero-order chi connectivity index (χ0) is 24.2. The predicted molar refractivity (Wildman–Crippen MR) is 123 cm³/mol. The summed E-state index contributed by atoms with van der Waals surface area (Å²) < 4.78 is 11.8. The molecule has 0 radical (unpaired) electrons. The van der Waals surface area contributed by atoms with Gasteiger partial charge in [-0.2, -0.15) is 0 Å². The van der Waals surface area contributed by atoms with Crippen molar-refractivity contribution in [3.05, 3.63) is 25.3 Å². The smallest absolute Gasteiger partial charge is 0.312 e. The molecule has 8 heteroatoms. The number of ether oxygens (including phenoxy) is 2. The first-order valence-corrected chi connectivity index (χ1v) is 12.1. The van der Waals surface area contributed by atoms with Gasteiger partial charge in [0, 0.05) is 25.7 Å². The van der Waals surface area contributed by atoms with Gasteiger partial charge in [0.05, 0.1) is 24.5 Å². The molecule has 3 saturated heterocycles. The fourth-order valence-corrected chi connectivity index (χ4v) is 5.70. The lowest BCUT2D eigenvalue weighted by Crippen LogP contribution is -2.57. The van der Waals surface area contributed by atoms with Crippen LogP contribution in [-0.2, 0) is 23.9 Å². The second-order valence-corrected chi connectivity index (χ2v) is 9.49. The molecule has 1 N–H and O–H groups in total. The molecule has 3 heterocycles. The van der Waals surface area contributed by atoms with Crippen LogP contribution in [0.5, 0.6) is 0 Å². The van der Waals surface area contributed by atoms with E-state index in [4.69, 9.17) is 14.6 Å². The third kappa shape index (κ3) is 4.60. The Hall–Kier alpha value is -2.19. The number of esters is 1. The summed E-state index contributed by atoms with van der Waals surface area (Å²) >= 11 is 0. The number of nitrogens with zero attached hydrogens (tertiary/aromatic N) is 2. The highest BCUT2D eigenvalue weighted by Crippen LogP contribution is 2.58. The van der Waals surface area contributed by atoms with Gasteiger partial charge in [0.2, 0.25) is 11.8 Å². The molecular weight excluding hydrogens is 424 g/mol. The van der Waals surface area contributed by atoms with Crippen molar-refractivity contribution in [3.63, 3.8) is 0 Å². The monoisotopic (exact) mass is 462 g/mol. The average Bonchev–Trinajstić information content (AvgIpc) is 3.42. The van der Waals surface area contributed by atoms with Crippen molar-refractivity contribution in [3.8, 4) is 0 Å². The average molecular weight is 463 g/mol. The maximum absolute atomic E-state index is 13.9. The number of rotatable bonds is 13. The Morgan fingerprint density at radius 3 is 2.70 bits per heavy atom. The summed E-state index contributed by atoms with van der Waals surface area (Å²) in [4.78, 5) is 43.9. The van der Waals surface area contributed by atoms with Gasteiger partial charge in [-0.25, -0.2) is 0 Å². The van der Waals surface area contributed by atoms with Crippen LogP contribution < -0.4 is 0 Å². The highest BCUT2D eigenvalue weighted by atomic mass is 16.6. The standard InChI is InChI=1S/C25H38N2O6/c1-5-7-16-32-24(31)19-18-11-12-25(33-18)20(19)22(29)27(14-9-8-10-15-28)21(25)23(30)26(13-6-2)17(3)4/h5-6,17-21,28H,1-2,7-16H2,3-4H3/t18-,19+,20-,21?,25?/m0/s1. The van der Waals surface area contributed by atoms with Crippen LogP contribution in [0.2, 0.25) is 0 Å². The van der Waals surface area contributed by atoms with E-state index >= 15 is 0 Å². The maximum Gasteiger partial charge on any atom is 0.312 e. The Labute approximate surface area is 196 Å². The molecule has 1 spiro atoms. The molecule has 3 rings (SSSR count). The van der Waals surface area contributed by atoms with Gasteiger partial charge < -0.3 is 24.4 Å². The van der Waals surface area contributed by atoms with E-state index < -0.39 is 35.6 Å². The van der Waals surface area contributed by atoms with Gasteiger partial charge in [0.1, 0.15) is 11.6 Å². The molecule has 2 bridgehead atoms. The Morgan fingerprint density at radius 1 is 1.30 bits per heavy atom. The number of aliphatic hydroxyl groups is 1. The fraction of sp³-hybridized carbons (Fsp3) is 0.720. The van der Waals surface area contributed by atoms with Gasteiger partial charge in [0.15, 0.2) is 0 Å². The second kappa shape index (κ2) is 10.8. The lowest BCUT2D eigenvalue weighted by Gasteiger charge is -2.38. The Bertz CT molecular complexity index is 768. The molecule has 3 aliphatic rings. The van der Waals surface area contributed by atoms with Crippen molar-refractivity contribution in [2.45, 2.75) is 76.2 Å². The lowest BCUT2D eigenvalue weighted by atomic mass is 9.70. The first-order chi connectivity index (χ1) is 15.8. The minimum Gasteiger partial charge on any atom is -0.465 e. The Kier molecular flexibility index (Phi) is 8.34. The van der Waals surface area contributed by atoms with Crippen molar-refractivity contribution < 1.29 is 29.0 Å². The SMILES string of the molecule is C=CCCOC(=O)[C@@H]1[C@@H]2CCC3(O2)C(C(=O)N(CC=C)C(C)C)N(CCCCCO)C(=O)[C@H]13. The van der Waals surface area contributed by atoms with Gasteiger partial charge in [-0.3, -0.25) is 14.4 Å². The van der Waals surface area contributed by atoms with E-state index in [0.29, 0.717) is 45.2 Å². The van der Waals surface area contributed by atoms with Gasteiger partial charge in [-0.05, 0) is 52.4 Å². The van der Waals surface area contributed by atoms with E-state index in [2.05, 4.69) is 13.2 Å². The lowest BCUT2D eigenvalue weighted by molar-refractivity contribution is -0.155. The third-order valence-corrected chi connectivity index (χ3v) is 7.16. The number of likely N-dealkylation sites (tertiary alicyclic amines) is 1. The molecule has 8 nitrogen and oxygen atoms in total. The van der Waals surface area contributed by atoms with E-state index in [1.54, 1.807) is 22.0 Å². The van der Waals surface area contributed by atoms with E-state index in [9.17, 15) is 14.4 Å². The molecule has 0 aliphatic carbocycles. The fourth-order valence-electron chi connectivity index (χ4n) is 5.70. The molecule has 0 aromatic heterocycles. The van der Waals surface area contributed by atoms with Crippen LogP contribution in [-0.4, -0.2) is 82.8 Å². The molecule has 2 unspecified atom stereocenters. The highest BCUT2D eigenvalue weighted by molar-refractivity contribution is 5.98. The van der Waals surface area contributed by atoms with Crippen molar-refractivity contribution in [1.29, 1.82) is 0 Å². The summed E-state index contributed by atoms with van der Waals surface area (Å²) in [7, 11) is 0. The number of unbranched alkanes of at least 4 members (excludes halogenated alkanes) is 2. The number of hydrogen-bond acceptors (Lipinski definition) is 6. The number of carbonyl (C=O) groups excluding carboxylic acids is 3. The molecular formula is C25H38N2O6. The van der Waals surface area contributed by atoms with Crippen molar-refractivity contribution in [2.24, 2.45) is 11.8 Å². The molecule has 3 aliphatic heterocycles. The van der Waals surface area contributed by atoms with Crippen LogP contribution in [0, 0.1) is 11.8 Å². The summed E-state index contributed by atoms with van der Waals surface area (Å²) in [6.07, 6.45) is 6.73. The maximum atomic E-state index is 13.9. The Balaban J connectivity index is 1.93. The highest BCUT2D eigenvalue weighted by Gasteiger charge is 2.75. The zero-order valence-electron chi connectivity index (χ0n) is 19.9. The van der Waals surface area contributed by atoms with E-state index in [1.807, 2.05) is 13.8 Å².